The van der Waals surface area contributed by atoms with Gasteiger partial charge in [0.15, 0.2) is 11.6 Å². The monoisotopic (exact) mass is 337 g/mol. The second-order valence-corrected chi connectivity index (χ2v) is 5.28. The number of amides is 1. The average Bonchev–Trinajstić information content (AvgIpc) is 2.59. The van der Waals surface area contributed by atoms with Gasteiger partial charge < -0.3 is 15.5 Å². The maximum atomic E-state index is 12.6. The number of benzene rings is 2. The zero-order valence-electron chi connectivity index (χ0n) is 12.6. The molecule has 0 fully saturated rings. The number of aromatic hydroxyl groups is 1. The minimum absolute atomic E-state index is 0.0419. The van der Waals surface area contributed by atoms with Crippen molar-refractivity contribution in [3.63, 3.8) is 0 Å². The fourth-order valence-corrected chi connectivity index (χ4v) is 2.55. The minimum Gasteiger partial charge on any atom is -0.506 e. The summed E-state index contributed by atoms with van der Waals surface area (Å²) in [5, 5.41) is 20.8. The number of ketones is 2. The van der Waals surface area contributed by atoms with Gasteiger partial charge in [-0.05, 0) is 12.1 Å². The Morgan fingerprint density at radius 2 is 1.44 bits per heavy atom. The molecule has 0 radical (unpaired) electrons. The summed E-state index contributed by atoms with van der Waals surface area (Å²) in [6.07, 6.45) is 1.40. The Morgan fingerprint density at radius 1 is 0.880 bits per heavy atom. The summed E-state index contributed by atoms with van der Waals surface area (Å²) < 4.78 is 0. The number of carboxylic acids is 1. The molecule has 0 aromatic heterocycles. The SMILES string of the molecule is O=C(O)/C=C\C(=O)Nc1cc2c(cc1O)C(=O)c1ccccc1C2=O. The summed E-state index contributed by atoms with van der Waals surface area (Å²) in [6.45, 7) is 0. The molecule has 2 aromatic carbocycles. The number of rotatable bonds is 3. The molecule has 0 unspecified atom stereocenters. The van der Waals surface area contributed by atoms with Crippen LogP contribution in [0.1, 0.15) is 31.8 Å². The fourth-order valence-electron chi connectivity index (χ4n) is 2.55. The van der Waals surface area contributed by atoms with Crippen molar-refractivity contribution in [2.45, 2.75) is 0 Å². The molecule has 0 saturated carbocycles. The molecule has 0 bridgehead atoms. The van der Waals surface area contributed by atoms with Crippen LogP contribution in [-0.2, 0) is 9.59 Å². The first-order valence-electron chi connectivity index (χ1n) is 7.16. The predicted molar refractivity (Wildman–Crippen MR) is 86.8 cm³/mol. The molecule has 0 heterocycles. The zero-order valence-corrected chi connectivity index (χ0v) is 12.6. The Bertz CT molecular complexity index is 974. The van der Waals surface area contributed by atoms with Gasteiger partial charge in [0, 0.05) is 34.4 Å². The van der Waals surface area contributed by atoms with E-state index < -0.39 is 29.2 Å². The lowest BCUT2D eigenvalue weighted by atomic mass is 9.83. The molecule has 7 heteroatoms. The molecule has 0 atom stereocenters. The average molecular weight is 337 g/mol. The number of hydrogen-bond donors (Lipinski definition) is 3. The highest BCUT2D eigenvalue weighted by Crippen LogP contribution is 2.34. The molecule has 3 rings (SSSR count). The number of carboxylic acid groups (broad SMARTS) is 1. The van der Waals surface area contributed by atoms with E-state index in [1.807, 2.05) is 0 Å². The van der Waals surface area contributed by atoms with Crippen molar-refractivity contribution in [3.8, 4) is 5.75 Å². The van der Waals surface area contributed by atoms with Gasteiger partial charge in [-0.1, -0.05) is 24.3 Å². The maximum absolute atomic E-state index is 12.6. The van der Waals surface area contributed by atoms with E-state index in [1.165, 1.54) is 18.2 Å². The van der Waals surface area contributed by atoms with Crippen molar-refractivity contribution in [2.75, 3.05) is 5.32 Å². The first kappa shape index (κ1) is 16.1. The summed E-state index contributed by atoms with van der Waals surface area (Å²) >= 11 is 0. The van der Waals surface area contributed by atoms with Gasteiger partial charge in [0.2, 0.25) is 5.91 Å². The summed E-state index contributed by atoms with van der Waals surface area (Å²) in [6, 6.07) is 8.64. The van der Waals surface area contributed by atoms with Crippen LogP contribution in [0.4, 0.5) is 5.69 Å². The number of carbonyl (C=O) groups is 4. The number of phenols is 1. The molecular weight excluding hydrogens is 326 g/mol. The Morgan fingerprint density at radius 3 is 2.00 bits per heavy atom. The largest absolute Gasteiger partial charge is 0.506 e. The number of aliphatic carboxylic acids is 1. The smallest absolute Gasteiger partial charge is 0.328 e. The highest BCUT2D eigenvalue weighted by atomic mass is 16.4. The standard InChI is InChI=1S/C18H11NO6/c20-14-8-12-11(7-13(14)19-15(21)5-6-16(22)23)17(24)9-3-1-2-4-10(9)18(12)25/h1-8,20H,(H,19,21)(H,22,23)/b6-5-. The van der Waals surface area contributed by atoms with E-state index in [0.717, 1.165) is 12.1 Å². The van der Waals surface area contributed by atoms with Crippen LogP contribution in [0.15, 0.2) is 48.6 Å². The molecule has 3 N–H and O–H groups in total. The number of carbonyl (C=O) groups excluding carboxylic acids is 3. The Kier molecular flexibility index (Phi) is 3.90. The summed E-state index contributed by atoms with van der Waals surface area (Å²) in [4.78, 5) is 47.1. The highest BCUT2D eigenvalue weighted by molar-refractivity contribution is 6.29. The molecular formula is C18H11NO6. The van der Waals surface area contributed by atoms with E-state index in [4.69, 9.17) is 5.11 Å². The van der Waals surface area contributed by atoms with Gasteiger partial charge in [0.25, 0.3) is 0 Å². The van der Waals surface area contributed by atoms with Crippen molar-refractivity contribution < 1.29 is 29.4 Å². The first-order chi connectivity index (χ1) is 11.9. The lowest BCUT2D eigenvalue weighted by Crippen LogP contribution is -2.21. The van der Waals surface area contributed by atoms with Crippen LogP contribution < -0.4 is 5.32 Å². The zero-order chi connectivity index (χ0) is 18.1. The van der Waals surface area contributed by atoms with E-state index in [-0.39, 0.29) is 27.9 Å². The van der Waals surface area contributed by atoms with Gasteiger partial charge in [-0.25, -0.2) is 4.79 Å². The lowest BCUT2D eigenvalue weighted by Gasteiger charge is -2.18. The van der Waals surface area contributed by atoms with E-state index in [0.29, 0.717) is 6.08 Å². The molecule has 0 saturated heterocycles. The predicted octanol–water partition coefficient (Wildman–Crippen LogP) is 1.75. The Hall–Kier alpha value is -3.74. The van der Waals surface area contributed by atoms with E-state index in [1.54, 1.807) is 12.1 Å². The van der Waals surface area contributed by atoms with Crippen LogP contribution in [0, 0.1) is 0 Å². The molecule has 0 aliphatic heterocycles. The summed E-state index contributed by atoms with van der Waals surface area (Å²) in [5.74, 6) is -3.31. The normalized spacial score (nSPS) is 12.6. The third-order valence-electron chi connectivity index (χ3n) is 3.68. The second-order valence-electron chi connectivity index (χ2n) is 5.28. The van der Waals surface area contributed by atoms with Gasteiger partial charge in [-0.2, -0.15) is 0 Å². The lowest BCUT2D eigenvalue weighted by molar-refractivity contribution is -0.131. The number of anilines is 1. The minimum atomic E-state index is -1.30. The molecule has 1 amide bonds. The topological polar surface area (TPSA) is 121 Å². The Balaban J connectivity index is 2.01. The van der Waals surface area contributed by atoms with Crippen LogP contribution in [0.3, 0.4) is 0 Å². The van der Waals surface area contributed by atoms with Crippen molar-refractivity contribution >= 4 is 29.1 Å². The summed E-state index contributed by atoms with van der Waals surface area (Å²) in [5.41, 5.74) is 0.493. The number of nitrogens with one attached hydrogen (secondary N) is 1. The molecule has 0 spiro atoms. The van der Waals surface area contributed by atoms with Crippen molar-refractivity contribution in [3.05, 3.63) is 70.8 Å². The van der Waals surface area contributed by atoms with Crippen LogP contribution in [0.5, 0.6) is 5.75 Å². The van der Waals surface area contributed by atoms with Gasteiger partial charge in [0.05, 0.1) is 5.69 Å². The molecule has 1 aliphatic rings. The van der Waals surface area contributed by atoms with E-state index >= 15 is 0 Å². The molecule has 124 valence electrons. The van der Waals surface area contributed by atoms with Crippen LogP contribution in [-0.4, -0.2) is 33.7 Å². The van der Waals surface area contributed by atoms with Gasteiger partial charge in [-0.3, -0.25) is 14.4 Å². The van der Waals surface area contributed by atoms with Crippen LogP contribution in [0.25, 0.3) is 0 Å². The maximum Gasteiger partial charge on any atom is 0.328 e. The van der Waals surface area contributed by atoms with Crippen LogP contribution >= 0.6 is 0 Å². The Labute approximate surface area is 141 Å². The van der Waals surface area contributed by atoms with Crippen molar-refractivity contribution in [2.24, 2.45) is 0 Å². The van der Waals surface area contributed by atoms with Gasteiger partial charge in [0.1, 0.15) is 5.75 Å². The molecule has 25 heavy (non-hydrogen) atoms. The van der Waals surface area contributed by atoms with E-state index in [2.05, 4.69) is 5.32 Å². The molecule has 7 nitrogen and oxygen atoms in total. The quantitative estimate of drug-likeness (QED) is 0.494. The number of hydrogen-bond acceptors (Lipinski definition) is 5. The van der Waals surface area contributed by atoms with Crippen molar-refractivity contribution in [1.82, 2.24) is 0 Å². The van der Waals surface area contributed by atoms with Crippen LogP contribution in [0.2, 0.25) is 0 Å². The highest BCUT2D eigenvalue weighted by Gasteiger charge is 2.30. The third-order valence-corrected chi connectivity index (χ3v) is 3.68. The van der Waals surface area contributed by atoms with Crippen molar-refractivity contribution in [1.29, 1.82) is 0 Å². The number of fused-ring (bicyclic) bond motifs is 2. The number of phenolic OH excluding ortho intramolecular Hbond substituents is 1. The molecule has 2 aromatic rings. The first-order valence-corrected chi connectivity index (χ1v) is 7.16. The van der Waals surface area contributed by atoms with Gasteiger partial charge >= 0.3 is 5.97 Å². The second kappa shape index (κ2) is 6.04. The van der Waals surface area contributed by atoms with E-state index in [9.17, 15) is 24.3 Å². The molecule has 1 aliphatic carbocycles. The third kappa shape index (κ3) is 2.90. The fraction of sp³-hybridized carbons (Fsp3) is 0. The van der Waals surface area contributed by atoms with Gasteiger partial charge in [-0.15, -0.1) is 0 Å². The summed E-state index contributed by atoms with van der Waals surface area (Å²) in [7, 11) is 0.